The van der Waals surface area contributed by atoms with E-state index in [0.29, 0.717) is 0 Å². The molecule has 0 rings (SSSR count). The van der Waals surface area contributed by atoms with E-state index in [1.54, 1.807) is 0 Å². The Bertz CT molecular complexity index is 4.14. The van der Waals surface area contributed by atoms with E-state index in [-0.39, 0.29) is 21.1 Å². The quantitative estimate of drug-likeness (QED) is 0.347. The second-order valence-electron chi connectivity index (χ2n) is 0. The van der Waals surface area contributed by atoms with Crippen molar-refractivity contribution in [3.05, 3.63) is 0 Å². The van der Waals surface area contributed by atoms with Gasteiger partial charge in [-0.3, -0.25) is 0 Å². The molecule has 42 valence electrons. The zero-order valence-corrected chi connectivity index (χ0v) is 9.76. The zero-order chi connectivity index (χ0) is 6.00. The van der Waals surface area contributed by atoms with Gasteiger partial charge in [0.1, 0.15) is 0 Å². The summed E-state index contributed by atoms with van der Waals surface area (Å²) >= 11 is 22.0. The summed E-state index contributed by atoms with van der Waals surface area (Å²) in [5, 5.41) is 0. The molecule has 0 aromatic heterocycles. The maximum atomic E-state index is 3.67. The van der Waals surface area contributed by atoms with Crippen molar-refractivity contribution >= 4 is 70.0 Å². The van der Waals surface area contributed by atoms with Crippen molar-refractivity contribution in [2.24, 2.45) is 0 Å². The third-order valence-corrected chi connectivity index (χ3v) is 0. The normalized spacial score (nSPS) is 2.57. The fraction of sp³-hybridized carbons (Fsp3) is 0. The first-order valence-corrected chi connectivity index (χ1v) is 4.50. The molecule has 0 nitrogen and oxygen atoms in total. The van der Waals surface area contributed by atoms with Crippen LogP contribution in [0.5, 0.6) is 0 Å². The Kier molecular flexibility index (Phi) is 221. The summed E-state index contributed by atoms with van der Waals surface area (Å²) in [6.45, 7) is 0. The summed E-state index contributed by atoms with van der Waals surface area (Å²) in [7, 11) is 0. The Morgan fingerprint density at radius 2 is 0.429 bits per heavy atom. The predicted octanol–water partition coefficient (Wildman–Crippen LogP) is -0.0169. The Balaban J connectivity index is -0.00000000900. The Labute approximate surface area is 89.9 Å². The topological polar surface area (TPSA) is 0 Å². The van der Waals surface area contributed by atoms with E-state index in [9.17, 15) is 0 Å². The van der Waals surface area contributed by atoms with Crippen LogP contribution in [0.3, 0.4) is 0 Å². The smallest absolute Gasteiger partial charge is 1.00 e. The van der Waals surface area contributed by atoms with Gasteiger partial charge in [0, 0.05) is 0 Å². The van der Waals surface area contributed by atoms with Crippen LogP contribution in [0.4, 0.5) is 0 Å². The number of hydrogen-bond donors (Lipinski definition) is 0. The van der Waals surface area contributed by atoms with E-state index in [0.717, 1.165) is 0 Å². The summed E-state index contributed by atoms with van der Waals surface area (Å²) in [5.41, 5.74) is 0. The minimum Gasteiger partial charge on any atom is -1.00 e. The van der Waals surface area contributed by atoms with Gasteiger partial charge in [-0.05, 0) is 0 Å². The van der Waals surface area contributed by atoms with Crippen LogP contribution in [0.2, 0.25) is 0 Å². The van der Waals surface area contributed by atoms with Crippen LogP contribution in [0, 0.1) is 0 Å². The Morgan fingerprint density at radius 1 is 0.429 bits per heavy atom. The first-order valence-electron chi connectivity index (χ1n) is 0.500. The van der Waals surface area contributed by atoms with Crippen molar-refractivity contribution in [1.82, 2.24) is 0 Å². The summed E-state index contributed by atoms with van der Waals surface area (Å²) in [4.78, 5) is 0. The van der Waals surface area contributed by atoms with Gasteiger partial charge >= 0.3 is 21.1 Å². The average molecular weight is 288 g/mol. The van der Waals surface area contributed by atoms with Crippen LogP contribution in [0.1, 0.15) is 0 Å². The molecular weight excluding hydrogens is 288 g/mol. The van der Waals surface area contributed by atoms with Gasteiger partial charge in [0.2, 0.25) is 0 Å². The molecule has 0 aliphatic carbocycles. The molecule has 0 atom stereocenters. The molecule has 0 aromatic carbocycles. The fourth-order valence-corrected chi connectivity index (χ4v) is 0. The van der Waals surface area contributed by atoms with Gasteiger partial charge in [-0.25, -0.2) is 0 Å². The molecule has 0 saturated heterocycles. The minimum absolute atomic E-state index is 0. The van der Waals surface area contributed by atoms with E-state index in [4.69, 9.17) is 0 Å². The molecule has 7 heavy (non-hydrogen) atoms. The van der Waals surface area contributed by atoms with Crippen molar-refractivity contribution < 1.29 is 21.1 Å². The first kappa shape index (κ1) is 22.6. The van der Waals surface area contributed by atoms with Crippen molar-refractivity contribution in [3.8, 4) is 0 Å². The summed E-state index contributed by atoms with van der Waals surface area (Å²) in [5.74, 6) is 0. The van der Waals surface area contributed by atoms with Crippen LogP contribution < -0.4 is 0 Å². The Hall–Kier alpha value is 2.79. The molecule has 0 N–H and O–H groups in total. The summed E-state index contributed by atoms with van der Waals surface area (Å²) in [6.07, 6.45) is 0. The van der Waals surface area contributed by atoms with Gasteiger partial charge in [-0.2, -0.15) is 0 Å². The second-order valence-corrected chi connectivity index (χ2v) is 0. The monoisotopic (exact) mass is 290 g/mol. The molecule has 0 unspecified atom stereocenters. The molecule has 0 aliphatic heterocycles. The maximum absolute atomic E-state index is 3.67. The zero-order valence-electron chi connectivity index (χ0n) is 2.86. The Morgan fingerprint density at radius 3 is 0.429 bits per heavy atom. The van der Waals surface area contributed by atoms with Gasteiger partial charge < -0.3 is 70.0 Å². The molecule has 0 aromatic rings. The molecule has 0 fully saturated rings. The van der Waals surface area contributed by atoms with Crippen LogP contribution in [0.15, 0.2) is 0 Å². The molecule has 0 heterocycles. The second kappa shape index (κ2) is 68.6. The van der Waals surface area contributed by atoms with Gasteiger partial charge in [-0.1, -0.05) is 0 Å². The van der Waals surface area contributed by atoms with E-state index >= 15 is 0 Å². The third-order valence-electron chi connectivity index (χ3n) is 0. The van der Waals surface area contributed by atoms with Crippen molar-refractivity contribution in [3.63, 3.8) is 0 Å². The first-order chi connectivity index (χ1) is 3.00. The van der Waals surface area contributed by atoms with Crippen LogP contribution in [0.25, 0.3) is 0 Å². The van der Waals surface area contributed by atoms with Gasteiger partial charge in [0.05, 0.1) is 0 Å². The van der Waals surface area contributed by atoms with Crippen LogP contribution in [-0.4, -0.2) is 0 Å². The molecule has 0 amide bonds. The number of rotatable bonds is 0. The molecule has 0 radical (unpaired) electrons. The fourth-order valence-electron chi connectivity index (χ4n) is 0. The largest absolute Gasteiger partial charge is 6.00 e. The van der Waals surface area contributed by atoms with E-state index in [2.05, 4.69) is 70.0 Å². The van der Waals surface area contributed by atoms with E-state index in [1.165, 1.54) is 0 Å². The van der Waals surface area contributed by atoms with E-state index < -0.39 is 0 Å². The van der Waals surface area contributed by atoms with Crippen molar-refractivity contribution in [2.45, 2.75) is 0 Å². The molecule has 0 aliphatic rings. The van der Waals surface area contributed by atoms with Crippen LogP contribution in [-0.2, 0) is 91.0 Å². The molecule has 0 saturated carbocycles. The predicted molar refractivity (Wildman–Crippen MR) is 44.2 cm³/mol. The maximum Gasteiger partial charge on any atom is 6.00 e. The van der Waals surface area contributed by atoms with Crippen molar-refractivity contribution in [1.29, 1.82) is 0 Å². The summed E-state index contributed by atoms with van der Waals surface area (Å²) < 4.78 is 0. The molecule has 7 heteroatoms. The van der Waals surface area contributed by atoms with Crippen LogP contribution >= 0.6 is 0 Å². The molecule has 0 bridgehead atoms. The third kappa shape index (κ3) is 52.1. The van der Waals surface area contributed by atoms with Crippen molar-refractivity contribution in [2.75, 3.05) is 0 Å². The SMILES string of the molecule is [Mo+6].[S-][S-].[S-][S-].[S-][S-]. The van der Waals surface area contributed by atoms with Gasteiger partial charge in [0.25, 0.3) is 0 Å². The van der Waals surface area contributed by atoms with Gasteiger partial charge in [0.15, 0.2) is 0 Å². The molecule has 0 spiro atoms. The minimum atomic E-state index is 0. The standard InChI is InChI=1S/Mo.3S2/c;3*1-2/q+6;3*-2. The number of hydrogen-bond acceptors (Lipinski definition) is 6. The van der Waals surface area contributed by atoms with Gasteiger partial charge in [-0.15, -0.1) is 0 Å². The molecular formula is MoS6. The van der Waals surface area contributed by atoms with E-state index in [1.807, 2.05) is 0 Å². The summed E-state index contributed by atoms with van der Waals surface area (Å²) in [6, 6.07) is 0. The average Bonchev–Trinajstić information content (AvgIpc) is 1.81.